The van der Waals surface area contributed by atoms with Gasteiger partial charge in [0.05, 0.1) is 72.7 Å². The van der Waals surface area contributed by atoms with Crippen LogP contribution in [0.2, 0.25) is 0 Å². The van der Waals surface area contributed by atoms with Crippen LogP contribution in [0.1, 0.15) is 107 Å². The number of nitrogens with two attached hydrogens (primary N) is 5. The van der Waals surface area contributed by atoms with E-state index >= 15 is 4.79 Å². The second-order valence-corrected chi connectivity index (χ2v) is 27.4. The normalized spacial score (nSPS) is 23.0. The van der Waals surface area contributed by atoms with Crippen LogP contribution in [0.15, 0.2) is 53.6 Å². The standard InChI is InChI=1S/C61H88N18O21S2.H2O4S/c1-24-39(76-52(79-50(24)64)31(16-37(63)83)71-17-30(62)51(65)89)56(93)78-41(47(32-18-67-23-72-32)98-60-49(45(87)43(85)35(19-80)97-60)99-59-46(88)48(100-61(66)95)44(86)36(20-81)96-59)57(94)73-27(4)42(84)25(2)53(90)77-40(28(5)82)55(92)70-15-12-38-74-34(22-101-38)58-75-33(21-102-58)54(91)69-14-9-13-68-26(3)29-10-7-6-8-11-29;1-5(2,3)4/h6-8,10-11,18,21-23,25-28,30-31,35-36,40-49,59-60,68,71,80-82,84-88H,9,12-17,19-20,62H2,1-5H3,(H2,63,83)(H2,65,89)(H2,66,95)(H,67,72)(H,69,91)(H,70,92)(H,73,94)(H,77,90)(H,78,93)(H2,64,76,79);(H2,1,2,3,4)/t25?,26-,27?,28?,30?,31?,35?,36?,40?,41?,42?,43?,44?,45?,46?,47?,48?,49?,59?,60?;/m1./s1. The Kier molecular flexibility index (Phi) is 33.1. The average Bonchev–Trinajstić information content (AvgIpc) is 1.00. The molecule has 7 rings (SSSR count). The Bertz CT molecular complexity index is 3880. The largest absolute Gasteiger partial charge is 0.441 e. The van der Waals surface area contributed by atoms with Crippen molar-refractivity contribution < 1.29 is 120 Å². The van der Waals surface area contributed by atoms with Crippen molar-refractivity contribution in [3.05, 3.63) is 92.7 Å². The van der Waals surface area contributed by atoms with E-state index < -0.39 is 193 Å². The number of anilines is 1. The number of amides is 8. The van der Waals surface area contributed by atoms with Gasteiger partial charge in [0.25, 0.3) is 11.8 Å². The zero-order chi connectivity index (χ0) is 79.3. The van der Waals surface area contributed by atoms with Gasteiger partial charge in [0, 0.05) is 54.8 Å². The Morgan fingerprint density at radius 2 is 1.40 bits per heavy atom. The van der Waals surface area contributed by atoms with Crippen molar-refractivity contribution in [1.29, 1.82) is 0 Å². The monoisotopic (exact) mass is 1570 g/mol. The number of nitrogens with one attached hydrogen (secondary N) is 8. The lowest BCUT2D eigenvalue weighted by atomic mass is 9.96. The highest BCUT2D eigenvalue weighted by Crippen LogP contribution is 2.35. The second kappa shape index (κ2) is 40.6. The van der Waals surface area contributed by atoms with E-state index in [2.05, 4.69) is 74.0 Å². The molecular formula is C61H90N18O25S3. The Morgan fingerprint density at radius 3 is 2.02 bits per heavy atom. The van der Waals surface area contributed by atoms with Gasteiger partial charge in [-0.3, -0.25) is 42.7 Å². The number of carbonyl (C=O) groups is 8. The lowest BCUT2D eigenvalue weighted by Crippen LogP contribution is -2.65. The lowest BCUT2D eigenvalue weighted by molar-refractivity contribution is -0.372. The molecule has 2 aliphatic heterocycles. The summed E-state index contributed by atoms with van der Waals surface area (Å²) < 4.78 is 60.4. The van der Waals surface area contributed by atoms with E-state index in [1.54, 1.807) is 10.8 Å². The second-order valence-electron chi connectivity index (χ2n) is 24.7. The molecule has 0 saturated carbocycles. The quantitative estimate of drug-likeness (QED) is 0.0130. The Morgan fingerprint density at radius 1 is 0.738 bits per heavy atom. The number of aromatic amines is 1. The van der Waals surface area contributed by atoms with Crippen LogP contribution in [0.3, 0.4) is 0 Å². The first kappa shape index (κ1) is 87.3. The van der Waals surface area contributed by atoms with Crippen molar-refractivity contribution in [3.8, 4) is 10.7 Å². The highest BCUT2D eigenvalue weighted by Gasteiger charge is 2.54. The first-order chi connectivity index (χ1) is 50.4. The Labute approximate surface area is 618 Å². The molecule has 1 aromatic carbocycles. The number of nitrogen functional groups attached to an aromatic ring is 1. The number of thiazole rings is 2. The Balaban J connectivity index is 0.00000346. The van der Waals surface area contributed by atoms with Gasteiger partial charge in [0.1, 0.15) is 94.6 Å². The lowest BCUT2D eigenvalue weighted by Gasteiger charge is -2.47. The molecule has 8 amide bonds. The van der Waals surface area contributed by atoms with E-state index in [0.29, 0.717) is 35.2 Å². The van der Waals surface area contributed by atoms with E-state index in [9.17, 15) is 74.4 Å². The molecule has 2 aliphatic rings. The number of hydrogen-bond acceptors (Lipinski definition) is 34. The van der Waals surface area contributed by atoms with Gasteiger partial charge in [-0.2, -0.15) is 8.42 Å². The van der Waals surface area contributed by atoms with Crippen LogP contribution >= 0.6 is 22.7 Å². The molecule has 19 unspecified atom stereocenters. The van der Waals surface area contributed by atoms with Gasteiger partial charge in [-0.15, -0.1) is 22.7 Å². The number of imidazole rings is 1. The van der Waals surface area contributed by atoms with Crippen LogP contribution < -0.4 is 65.9 Å². The third kappa shape index (κ3) is 25.2. The number of hydrogen-bond donors (Lipinski definition) is 23. The molecule has 43 nitrogen and oxygen atoms in total. The minimum Gasteiger partial charge on any atom is -0.441 e. The predicted octanol–water partition coefficient (Wildman–Crippen LogP) is -6.88. The van der Waals surface area contributed by atoms with Crippen molar-refractivity contribution in [3.63, 3.8) is 0 Å². The molecule has 4 aromatic heterocycles. The molecule has 5 aromatic rings. The summed E-state index contributed by atoms with van der Waals surface area (Å²) in [7, 11) is -4.67. The van der Waals surface area contributed by atoms with Gasteiger partial charge >= 0.3 is 16.5 Å². The maximum Gasteiger partial charge on any atom is 0.404 e. The summed E-state index contributed by atoms with van der Waals surface area (Å²) in [4.78, 5) is 131. The zero-order valence-electron chi connectivity index (χ0n) is 58.1. The zero-order valence-corrected chi connectivity index (χ0v) is 60.5. The molecule has 0 spiro atoms. The van der Waals surface area contributed by atoms with Gasteiger partial charge in [-0.25, -0.2) is 29.7 Å². The van der Waals surface area contributed by atoms with Gasteiger partial charge in [0.2, 0.25) is 29.5 Å². The maximum absolute atomic E-state index is 15.2. The fourth-order valence-electron chi connectivity index (χ4n) is 10.7. The van der Waals surface area contributed by atoms with Crippen molar-refractivity contribution in [2.45, 2.75) is 170 Å². The number of ether oxygens (including phenoxy) is 5. The number of rotatable bonds is 37. The minimum absolute atomic E-state index is 0.0169. The third-order valence-corrected chi connectivity index (χ3v) is 18.4. The highest BCUT2D eigenvalue weighted by molar-refractivity contribution is 7.79. The fourth-order valence-corrected chi connectivity index (χ4v) is 12.3. The van der Waals surface area contributed by atoms with Gasteiger partial charge in [0.15, 0.2) is 18.7 Å². The molecule has 592 valence electrons. The van der Waals surface area contributed by atoms with E-state index in [1.165, 1.54) is 50.4 Å². The first-order valence-corrected chi connectivity index (χ1v) is 36.0. The van der Waals surface area contributed by atoms with E-state index in [-0.39, 0.29) is 60.1 Å². The van der Waals surface area contributed by atoms with Crippen LogP contribution in [0.25, 0.3) is 10.7 Å². The topological polar surface area (TPSA) is 714 Å². The summed E-state index contributed by atoms with van der Waals surface area (Å²) in [5, 5.41) is 112. The number of aliphatic hydroxyl groups excluding tert-OH is 8. The summed E-state index contributed by atoms with van der Waals surface area (Å²) in [5.74, 6) is -8.75. The molecular weight excluding hydrogens is 1480 g/mol. The fraction of sp³-hybridized carbons (Fsp3) is 0.557. The predicted molar refractivity (Wildman–Crippen MR) is 372 cm³/mol. The molecule has 46 heteroatoms. The minimum atomic E-state index is -4.67. The van der Waals surface area contributed by atoms with Crippen molar-refractivity contribution in [2.75, 3.05) is 45.1 Å². The van der Waals surface area contributed by atoms with Gasteiger partial charge in [-0.05, 0) is 46.2 Å². The van der Waals surface area contributed by atoms with Crippen molar-refractivity contribution >= 4 is 86.3 Å². The highest BCUT2D eigenvalue weighted by atomic mass is 32.3. The summed E-state index contributed by atoms with van der Waals surface area (Å²) in [6.45, 7) is 5.81. The number of carbonyl (C=O) groups excluding carboxylic acids is 8. The van der Waals surface area contributed by atoms with Crippen LogP contribution in [-0.2, 0) is 64.5 Å². The number of primary amides is 3. The molecule has 28 N–H and O–H groups in total. The Hall–Kier alpha value is -8.60. The summed E-state index contributed by atoms with van der Waals surface area (Å²) in [6, 6.07) is 2.26. The third-order valence-electron chi connectivity index (χ3n) is 16.7. The van der Waals surface area contributed by atoms with E-state index in [0.717, 1.165) is 18.1 Å². The van der Waals surface area contributed by atoms with Crippen LogP contribution in [-0.4, -0.2) is 273 Å². The first-order valence-electron chi connectivity index (χ1n) is 32.9. The van der Waals surface area contributed by atoms with Crippen LogP contribution in [0, 0.1) is 12.8 Å². The number of aromatic nitrogens is 6. The SMILES string of the molecule is Cc1c(N)nc(C(CC(N)=O)NCC(N)C(N)=O)nc1C(=O)NC(C(=O)NC(C)C(O)C(C)C(=O)NC(C(=O)NCCc1nc(-c2nc(C(=O)NCCCN[C@H](C)c3ccccc3)cs2)cs1)C(C)O)C(OC1OC(CO)C(O)C(O)C1OC1OC(CO)C(O)C(OC(N)=O)C1O)c1cnc[nH]1.O=S(=O)(O)O. The number of benzene rings is 1. The van der Waals surface area contributed by atoms with Gasteiger partial charge < -0.3 is 135 Å². The molecule has 2 saturated heterocycles. The molecule has 0 aliphatic carbocycles. The molecule has 20 atom stereocenters. The number of H-pyrrole nitrogens is 1. The number of nitrogens with zero attached hydrogens (tertiary/aromatic N) is 5. The van der Waals surface area contributed by atoms with Crippen LogP contribution in [0.5, 0.6) is 0 Å². The van der Waals surface area contributed by atoms with Crippen molar-refractivity contribution in [1.82, 2.24) is 67.1 Å². The maximum atomic E-state index is 15.2. The smallest absolute Gasteiger partial charge is 0.404 e. The summed E-state index contributed by atoms with van der Waals surface area (Å²) in [5.41, 5.74) is 29.2. The van der Waals surface area contributed by atoms with Crippen molar-refractivity contribution in [2.24, 2.45) is 28.9 Å². The van der Waals surface area contributed by atoms with E-state index in [1.807, 2.05) is 30.3 Å². The average molecular weight is 1570 g/mol. The molecule has 0 bridgehead atoms. The molecule has 0 radical (unpaired) electrons. The van der Waals surface area contributed by atoms with Gasteiger partial charge in [-0.1, -0.05) is 37.3 Å². The molecule has 2 fully saturated rings. The molecule has 6 heterocycles. The van der Waals surface area contributed by atoms with Crippen LogP contribution in [0.4, 0.5) is 10.6 Å². The number of aliphatic hydroxyl groups is 8. The summed E-state index contributed by atoms with van der Waals surface area (Å²) in [6.07, 6.45) is -24.5. The molecule has 107 heavy (non-hydrogen) atoms. The van der Waals surface area contributed by atoms with E-state index in [4.69, 9.17) is 69.9 Å². The summed E-state index contributed by atoms with van der Waals surface area (Å²) >= 11 is 2.50.